The van der Waals surface area contributed by atoms with Crippen molar-refractivity contribution in [3.63, 3.8) is 0 Å². The fourth-order valence-electron chi connectivity index (χ4n) is 3.03. The summed E-state index contributed by atoms with van der Waals surface area (Å²) in [5, 5.41) is 6.33. The van der Waals surface area contributed by atoms with Crippen LogP contribution in [0.15, 0.2) is 23.2 Å². The Morgan fingerprint density at radius 2 is 1.96 bits per heavy atom. The van der Waals surface area contributed by atoms with Gasteiger partial charge in [-0.3, -0.25) is 9.89 Å². The molecule has 7 nitrogen and oxygen atoms in total. The third-order valence-electron chi connectivity index (χ3n) is 4.30. The molecule has 2 rings (SSSR count). The number of nitrogens with zero attached hydrogens (tertiary/aromatic N) is 2. The van der Waals surface area contributed by atoms with Crippen LogP contribution in [-0.2, 0) is 16.6 Å². The van der Waals surface area contributed by atoms with E-state index in [9.17, 15) is 17.2 Å². The van der Waals surface area contributed by atoms with Crippen LogP contribution in [0.4, 0.5) is 8.78 Å². The van der Waals surface area contributed by atoms with Crippen LogP contribution in [0.25, 0.3) is 0 Å². The van der Waals surface area contributed by atoms with Gasteiger partial charge in [-0.05, 0) is 31.5 Å². The number of aliphatic imine (C=N–C) groups is 1. The van der Waals surface area contributed by atoms with Gasteiger partial charge in [0.1, 0.15) is 11.6 Å². The minimum absolute atomic E-state index is 0. The van der Waals surface area contributed by atoms with Crippen molar-refractivity contribution in [1.29, 1.82) is 0 Å². The summed E-state index contributed by atoms with van der Waals surface area (Å²) in [6, 6.07) is 3.99. The molecule has 0 aliphatic carbocycles. The molecular formula is C17H28F2IN5O2S. The van der Waals surface area contributed by atoms with E-state index in [-0.39, 0.29) is 48.7 Å². The van der Waals surface area contributed by atoms with Gasteiger partial charge >= 0.3 is 0 Å². The predicted molar refractivity (Wildman–Crippen MR) is 117 cm³/mol. The van der Waals surface area contributed by atoms with Crippen LogP contribution >= 0.6 is 24.0 Å². The minimum atomic E-state index is -3.22. The normalized spacial score (nSPS) is 18.4. The molecule has 0 saturated carbocycles. The highest BCUT2D eigenvalue weighted by Gasteiger charge is 2.22. The first-order valence-electron chi connectivity index (χ1n) is 8.85. The lowest BCUT2D eigenvalue weighted by Crippen LogP contribution is -2.51. The molecule has 1 saturated heterocycles. The van der Waals surface area contributed by atoms with Crippen molar-refractivity contribution >= 4 is 40.0 Å². The van der Waals surface area contributed by atoms with Crippen molar-refractivity contribution in [2.24, 2.45) is 4.99 Å². The van der Waals surface area contributed by atoms with Gasteiger partial charge in [-0.15, -0.1) is 24.0 Å². The number of hydrogen-bond donors (Lipinski definition) is 3. The first-order chi connectivity index (χ1) is 12.8. The van der Waals surface area contributed by atoms with E-state index in [1.54, 1.807) is 7.05 Å². The summed E-state index contributed by atoms with van der Waals surface area (Å²) in [6.07, 6.45) is 2.92. The van der Waals surface area contributed by atoms with Gasteiger partial charge in [0, 0.05) is 44.8 Å². The molecule has 1 aliphatic rings. The van der Waals surface area contributed by atoms with Gasteiger partial charge in [-0.25, -0.2) is 21.9 Å². The minimum Gasteiger partial charge on any atom is -0.355 e. The highest BCUT2D eigenvalue weighted by atomic mass is 127. The van der Waals surface area contributed by atoms with Crippen LogP contribution in [0.1, 0.15) is 18.4 Å². The smallest absolute Gasteiger partial charge is 0.208 e. The average Bonchev–Trinajstić information content (AvgIpc) is 2.60. The number of rotatable bonds is 7. The molecule has 0 aromatic heterocycles. The zero-order chi connectivity index (χ0) is 19.9. The van der Waals surface area contributed by atoms with E-state index in [4.69, 9.17) is 0 Å². The van der Waals surface area contributed by atoms with E-state index in [1.165, 1.54) is 18.2 Å². The summed E-state index contributed by atoms with van der Waals surface area (Å²) in [4.78, 5) is 6.15. The molecule has 1 atom stereocenters. The maximum Gasteiger partial charge on any atom is 0.208 e. The molecule has 1 fully saturated rings. The van der Waals surface area contributed by atoms with Crippen LogP contribution in [0.2, 0.25) is 0 Å². The SMILES string of the molecule is CN=C(NCCNS(C)(=O)=O)NC1CCCN(Cc2c(F)cccc2F)C1.I. The van der Waals surface area contributed by atoms with Gasteiger partial charge in [0.25, 0.3) is 0 Å². The maximum atomic E-state index is 13.9. The third-order valence-corrected chi connectivity index (χ3v) is 5.02. The Balaban J connectivity index is 0.00000392. The molecule has 11 heteroatoms. The van der Waals surface area contributed by atoms with Crippen molar-refractivity contribution in [1.82, 2.24) is 20.3 Å². The molecule has 1 unspecified atom stereocenters. The van der Waals surface area contributed by atoms with Crippen molar-refractivity contribution in [3.8, 4) is 0 Å². The van der Waals surface area contributed by atoms with Crippen molar-refractivity contribution in [2.45, 2.75) is 25.4 Å². The second-order valence-electron chi connectivity index (χ2n) is 6.58. The van der Waals surface area contributed by atoms with E-state index in [0.29, 0.717) is 19.0 Å². The number of piperidine rings is 1. The van der Waals surface area contributed by atoms with Gasteiger partial charge in [-0.1, -0.05) is 6.07 Å². The van der Waals surface area contributed by atoms with Gasteiger partial charge in [-0.2, -0.15) is 0 Å². The zero-order valence-electron chi connectivity index (χ0n) is 16.0. The summed E-state index contributed by atoms with van der Waals surface area (Å²) in [5.41, 5.74) is 0.0903. The molecule has 28 heavy (non-hydrogen) atoms. The van der Waals surface area contributed by atoms with E-state index in [2.05, 4.69) is 20.3 Å². The second kappa shape index (κ2) is 11.8. The Morgan fingerprint density at radius 3 is 2.57 bits per heavy atom. The number of benzene rings is 1. The third kappa shape index (κ3) is 8.53. The summed E-state index contributed by atoms with van der Waals surface area (Å²) < 4.78 is 52.2. The lowest BCUT2D eigenvalue weighted by Gasteiger charge is -2.34. The molecular weight excluding hydrogens is 503 g/mol. The number of guanidine groups is 1. The summed E-state index contributed by atoms with van der Waals surface area (Å²) >= 11 is 0. The Kier molecular flexibility index (Phi) is 10.6. The van der Waals surface area contributed by atoms with E-state index in [0.717, 1.165) is 25.6 Å². The quantitative estimate of drug-likeness (QED) is 0.214. The monoisotopic (exact) mass is 531 g/mol. The molecule has 0 spiro atoms. The number of likely N-dealkylation sites (tertiary alicyclic amines) is 1. The largest absolute Gasteiger partial charge is 0.355 e. The lowest BCUT2D eigenvalue weighted by atomic mass is 10.0. The molecule has 0 radical (unpaired) electrons. The second-order valence-corrected chi connectivity index (χ2v) is 8.42. The van der Waals surface area contributed by atoms with Crippen LogP contribution in [0, 0.1) is 11.6 Å². The Bertz CT molecular complexity index is 744. The molecule has 3 N–H and O–H groups in total. The molecule has 1 heterocycles. The van der Waals surface area contributed by atoms with Crippen molar-refractivity contribution < 1.29 is 17.2 Å². The maximum absolute atomic E-state index is 13.9. The van der Waals surface area contributed by atoms with Gasteiger partial charge in [0.2, 0.25) is 10.0 Å². The average molecular weight is 531 g/mol. The fourth-order valence-corrected chi connectivity index (χ4v) is 3.50. The number of sulfonamides is 1. The standard InChI is InChI=1S/C17H27F2N5O2S.HI/c1-20-17(21-8-9-22-27(2,25)26)23-13-5-4-10-24(11-13)12-14-15(18)6-3-7-16(14)19;/h3,6-7,13,22H,4-5,8-12H2,1-2H3,(H2,20,21,23);1H. The van der Waals surface area contributed by atoms with Crippen LogP contribution in [0.3, 0.4) is 0 Å². The van der Waals surface area contributed by atoms with Crippen molar-refractivity contribution in [3.05, 3.63) is 35.4 Å². The zero-order valence-corrected chi connectivity index (χ0v) is 19.2. The lowest BCUT2D eigenvalue weighted by molar-refractivity contribution is 0.188. The van der Waals surface area contributed by atoms with Gasteiger partial charge in [0.05, 0.1) is 6.26 Å². The van der Waals surface area contributed by atoms with Crippen molar-refractivity contribution in [2.75, 3.05) is 39.5 Å². The molecule has 1 aliphatic heterocycles. The summed E-state index contributed by atoms with van der Waals surface area (Å²) in [5.74, 6) is -0.490. The Labute approximate surface area is 182 Å². The van der Waals surface area contributed by atoms with E-state index >= 15 is 0 Å². The number of halogens is 3. The van der Waals surface area contributed by atoms with Gasteiger partial charge in [0.15, 0.2) is 5.96 Å². The van der Waals surface area contributed by atoms with E-state index in [1.807, 2.05) is 4.90 Å². The topological polar surface area (TPSA) is 85.8 Å². The highest BCUT2D eigenvalue weighted by molar-refractivity contribution is 14.0. The fraction of sp³-hybridized carbons (Fsp3) is 0.588. The van der Waals surface area contributed by atoms with Crippen LogP contribution in [0.5, 0.6) is 0 Å². The first kappa shape index (κ1) is 25.0. The number of hydrogen-bond acceptors (Lipinski definition) is 4. The first-order valence-corrected chi connectivity index (χ1v) is 10.7. The Morgan fingerprint density at radius 1 is 1.29 bits per heavy atom. The molecule has 1 aromatic rings. The van der Waals surface area contributed by atoms with E-state index < -0.39 is 21.7 Å². The summed E-state index contributed by atoms with van der Waals surface area (Å²) in [6.45, 7) is 2.28. The van der Waals surface area contributed by atoms with Crippen LogP contribution < -0.4 is 15.4 Å². The summed E-state index contributed by atoms with van der Waals surface area (Å²) in [7, 11) is -1.58. The van der Waals surface area contributed by atoms with Gasteiger partial charge < -0.3 is 10.6 Å². The van der Waals surface area contributed by atoms with Crippen LogP contribution in [-0.4, -0.2) is 64.8 Å². The highest BCUT2D eigenvalue weighted by Crippen LogP contribution is 2.18. The predicted octanol–water partition coefficient (Wildman–Crippen LogP) is 1.26. The molecule has 0 bridgehead atoms. The molecule has 0 amide bonds. The number of nitrogens with one attached hydrogen (secondary N) is 3. The Hall–Kier alpha value is -1.05. The molecule has 160 valence electrons. The molecule has 1 aromatic carbocycles.